The Morgan fingerprint density at radius 1 is 1.00 bits per heavy atom. The highest BCUT2D eigenvalue weighted by molar-refractivity contribution is 7.98. The van der Waals surface area contributed by atoms with Crippen molar-refractivity contribution in [1.29, 1.82) is 0 Å². The minimum absolute atomic E-state index is 0.167. The summed E-state index contributed by atoms with van der Waals surface area (Å²) in [5.74, 6) is 0. The van der Waals surface area contributed by atoms with Crippen LogP contribution in [-0.2, 0) is 0 Å². The van der Waals surface area contributed by atoms with Crippen molar-refractivity contribution in [3.8, 4) is 0 Å². The van der Waals surface area contributed by atoms with Crippen molar-refractivity contribution in [3.63, 3.8) is 0 Å². The van der Waals surface area contributed by atoms with Crippen LogP contribution in [0.1, 0.15) is 22.5 Å². The first-order valence-electron chi connectivity index (χ1n) is 4.82. The Morgan fingerprint density at radius 3 is 2.20 bits per heavy atom. The number of hydrogen-bond acceptors (Lipinski definition) is 4. The topological polar surface area (TPSA) is 60.7 Å². The number of aliphatic hydroxyl groups excluding tert-OH is 3. The molecular formula is C11H14O3S. The van der Waals surface area contributed by atoms with Gasteiger partial charge in [0.05, 0.1) is 11.4 Å². The number of hydrogen-bond donors (Lipinski definition) is 3. The van der Waals surface area contributed by atoms with Crippen LogP contribution >= 0.6 is 11.8 Å². The van der Waals surface area contributed by atoms with Crippen LogP contribution in [0.4, 0.5) is 0 Å². The highest BCUT2D eigenvalue weighted by atomic mass is 32.2. The van der Waals surface area contributed by atoms with Gasteiger partial charge in [0.15, 0.2) is 0 Å². The average molecular weight is 226 g/mol. The molecule has 15 heavy (non-hydrogen) atoms. The summed E-state index contributed by atoms with van der Waals surface area (Å²) in [6.07, 6.45) is -1.11. The third-order valence-corrected chi connectivity index (χ3v) is 3.90. The van der Waals surface area contributed by atoms with E-state index in [0.717, 1.165) is 11.1 Å². The van der Waals surface area contributed by atoms with Crippen LogP contribution in [0.5, 0.6) is 0 Å². The fourth-order valence-electron chi connectivity index (χ4n) is 2.04. The van der Waals surface area contributed by atoms with Gasteiger partial charge in [-0.2, -0.15) is 11.8 Å². The lowest BCUT2D eigenvalue weighted by atomic mass is 9.85. The molecule has 82 valence electrons. The summed E-state index contributed by atoms with van der Waals surface area (Å²) < 4.78 is 0. The zero-order chi connectivity index (χ0) is 11.0. The summed E-state index contributed by atoms with van der Waals surface area (Å²) in [4.78, 5) is 0. The summed E-state index contributed by atoms with van der Waals surface area (Å²) in [5, 5.41) is 29.1. The highest BCUT2D eigenvalue weighted by Crippen LogP contribution is 2.42. The minimum atomic E-state index is -1.10. The molecule has 0 fully saturated rings. The van der Waals surface area contributed by atoms with Crippen LogP contribution < -0.4 is 0 Å². The zero-order valence-electron chi connectivity index (χ0n) is 8.37. The van der Waals surface area contributed by atoms with E-state index in [1.54, 1.807) is 6.07 Å². The van der Waals surface area contributed by atoms with Crippen molar-refractivity contribution in [1.82, 2.24) is 0 Å². The molecule has 1 aliphatic rings. The van der Waals surface area contributed by atoms with E-state index in [1.807, 2.05) is 24.5 Å². The molecular weight excluding hydrogens is 212 g/mol. The van der Waals surface area contributed by atoms with Gasteiger partial charge in [-0.3, -0.25) is 0 Å². The third kappa shape index (κ3) is 1.67. The summed E-state index contributed by atoms with van der Waals surface area (Å²) in [7, 11) is 0. The van der Waals surface area contributed by atoms with E-state index < -0.39 is 18.3 Å². The van der Waals surface area contributed by atoms with Gasteiger partial charge in [-0.1, -0.05) is 24.3 Å². The van der Waals surface area contributed by atoms with E-state index in [0.29, 0.717) is 0 Å². The molecule has 3 N–H and O–H groups in total. The van der Waals surface area contributed by atoms with Crippen molar-refractivity contribution in [3.05, 3.63) is 35.4 Å². The first kappa shape index (κ1) is 11.0. The summed E-state index contributed by atoms with van der Waals surface area (Å²) >= 11 is 1.48. The molecule has 0 radical (unpaired) electrons. The fraction of sp³-hybridized carbons (Fsp3) is 0.455. The van der Waals surface area contributed by atoms with Crippen LogP contribution in [-0.4, -0.2) is 33.8 Å². The number of benzene rings is 1. The number of rotatable bonds is 1. The molecule has 0 saturated carbocycles. The molecule has 4 atom stereocenters. The lowest BCUT2D eigenvalue weighted by Gasteiger charge is -2.36. The van der Waals surface area contributed by atoms with Crippen LogP contribution in [0.2, 0.25) is 0 Å². The van der Waals surface area contributed by atoms with Crippen LogP contribution in [0, 0.1) is 0 Å². The fourth-order valence-corrected chi connectivity index (χ4v) is 2.95. The minimum Gasteiger partial charge on any atom is -0.389 e. The molecule has 0 aromatic heterocycles. The van der Waals surface area contributed by atoms with E-state index in [-0.39, 0.29) is 5.25 Å². The number of thioether (sulfide) groups is 1. The zero-order valence-corrected chi connectivity index (χ0v) is 9.19. The second kappa shape index (κ2) is 4.14. The lowest BCUT2D eigenvalue weighted by molar-refractivity contribution is -0.0697. The van der Waals surface area contributed by atoms with E-state index in [4.69, 9.17) is 0 Å². The second-order valence-corrected chi connectivity index (χ2v) is 4.69. The summed E-state index contributed by atoms with van der Waals surface area (Å²) in [5.41, 5.74) is 1.63. The van der Waals surface area contributed by atoms with Gasteiger partial charge in [0.25, 0.3) is 0 Å². The maximum Gasteiger partial charge on any atom is 0.111 e. The first-order chi connectivity index (χ1) is 7.16. The molecule has 0 saturated heterocycles. The number of aliphatic hydroxyl groups is 3. The Balaban J connectivity index is 2.50. The quantitative estimate of drug-likeness (QED) is 0.664. The molecule has 1 aromatic carbocycles. The average Bonchev–Trinajstić information content (AvgIpc) is 2.27. The van der Waals surface area contributed by atoms with Gasteiger partial charge in [-0.15, -0.1) is 0 Å². The molecule has 0 unspecified atom stereocenters. The Kier molecular flexibility index (Phi) is 3.02. The Morgan fingerprint density at radius 2 is 1.60 bits per heavy atom. The number of fused-ring (bicyclic) bond motifs is 1. The SMILES string of the molecule is CS[C@@H]1c2ccccc2[C@H](O)[C@@H](O)[C@H]1O. The standard InChI is InChI=1S/C11H14O3S/c1-15-11-7-5-3-2-4-6(7)8(12)9(13)10(11)14/h2-5,8-14H,1H3/t8-,9+,10+,11+/m0/s1. The highest BCUT2D eigenvalue weighted by Gasteiger charge is 2.39. The smallest absolute Gasteiger partial charge is 0.111 e. The van der Waals surface area contributed by atoms with Gasteiger partial charge < -0.3 is 15.3 Å². The Hall–Kier alpha value is -0.550. The molecule has 0 aliphatic heterocycles. The van der Waals surface area contributed by atoms with Gasteiger partial charge in [-0.05, 0) is 17.4 Å². The second-order valence-electron chi connectivity index (χ2n) is 3.71. The maximum absolute atomic E-state index is 9.82. The molecule has 0 spiro atoms. The molecule has 4 heteroatoms. The van der Waals surface area contributed by atoms with Crippen LogP contribution in [0.15, 0.2) is 24.3 Å². The predicted octanol–water partition coefficient (Wildman–Crippen LogP) is 0.859. The Bertz CT molecular complexity index is 355. The van der Waals surface area contributed by atoms with Gasteiger partial charge >= 0.3 is 0 Å². The molecule has 0 bridgehead atoms. The lowest BCUT2D eigenvalue weighted by Crippen LogP contribution is -2.40. The molecule has 2 rings (SSSR count). The van der Waals surface area contributed by atoms with Crippen molar-refractivity contribution < 1.29 is 15.3 Å². The van der Waals surface area contributed by atoms with Crippen LogP contribution in [0.3, 0.4) is 0 Å². The first-order valence-corrected chi connectivity index (χ1v) is 6.11. The van der Waals surface area contributed by atoms with Crippen LogP contribution in [0.25, 0.3) is 0 Å². The molecule has 0 heterocycles. The van der Waals surface area contributed by atoms with Gasteiger partial charge in [0.2, 0.25) is 0 Å². The summed E-state index contributed by atoms with van der Waals surface area (Å²) in [6, 6.07) is 7.37. The monoisotopic (exact) mass is 226 g/mol. The Labute approximate surface area is 92.8 Å². The van der Waals surface area contributed by atoms with Crippen molar-refractivity contribution in [2.24, 2.45) is 0 Å². The normalized spacial score (nSPS) is 34.9. The summed E-state index contributed by atoms with van der Waals surface area (Å²) in [6.45, 7) is 0. The molecule has 1 aromatic rings. The van der Waals surface area contributed by atoms with Gasteiger partial charge in [0.1, 0.15) is 12.2 Å². The largest absolute Gasteiger partial charge is 0.389 e. The molecule has 1 aliphatic carbocycles. The van der Waals surface area contributed by atoms with Gasteiger partial charge in [0, 0.05) is 0 Å². The van der Waals surface area contributed by atoms with E-state index >= 15 is 0 Å². The molecule has 0 amide bonds. The van der Waals surface area contributed by atoms with Crippen molar-refractivity contribution in [2.45, 2.75) is 23.6 Å². The maximum atomic E-state index is 9.82. The predicted molar refractivity (Wildman–Crippen MR) is 59.7 cm³/mol. The van der Waals surface area contributed by atoms with E-state index in [9.17, 15) is 15.3 Å². The van der Waals surface area contributed by atoms with Crippen molar-refractivity contribution in [2.75, 3.05) is 6.26 Å². The third-order valence-electron chi connectivity index (χ3n) is 2.86. The van der Waals surface area contributed by atoms with Gasteiger partial charge in [-0.25, -0.2) is 0 Å². The molecule has 3 nitrogen and oxygen atoms in total. The van der Waals surface area contributed by atoms with Crippen molar-refractivity contribution >= 4 is 11.8 Å². The van der Waals surface area contributed by atoms with E-state index in [1.165, 1.54) is 11.8 Å². The van der Waals surface area contributed by atoms with E-state index in [2.05, 4.69) is 0 Å².